The molecule has 0 radical (unpaired) electrons. The van der Waals surface area contributed by atoms with Gasteiger partial charge in [0.05, 0.1) is 12.4 Å². The van der Waals surface area contributed by atoms with Crippen molar-refractivity contribution >= 4 is 29.8 Å². The smallest absolute Gasteiger partial charge is 0.149 e. The lowest BCUT2D eigenvalue weighted by molar-refractivity contribution is 0.416. The monoisotopic (exact) mass is 234 g/mol. The molecule has 1 aliphatic heterocycles. The molecule has 1 aromatic rings. The quantitative estimate of drug-likeness (QED) is 0.829. The number of hydrogen-bond acceptors (Lipinski definition) is 4. The Morgan fingerprint density at radius 1 is 1.50 bits per heavy atom. The Hall–Kier alpha value is -0.580. The van der Waals surface area contributed by atoms with Crippen molar-refractivity contribution in [2.75, 3.05) is 24.5 Å². The van der Waals surface area contributed by atoms with E-state index >= 15 is 0 Å². The fourth-order valence-electron chi connectivity index (χ4n) is 1.39. The Balaban J connectivity index is 0.000000980. The first-order valence-corrected chi connectivity index (χ1v) is 4.60. The number of nitrogens with two attached hydrogens (primary N) is 1. The SMILES string of the molecule is Cl.NCC1CN(c2cncc(Cl)n2)C1. The summed E-state index contributed by atoms with van der Waals surface area (Å²) in [6.07, 6.45) is 3.25. The van der Waals surface area contributed by atoms with Gasteiger partial charge in [-0.1, -0.05) is 11.6 Å². The largest absolute Gasteiger partial charge is 0.355 e. The topological polar surface area (TPSA) is 55.0 Å². The Morgan fingerprint density at radius 2 is 2.21 bits per heavy atom. The summed E-state index contributed by atoms with van der Waals surface area (Å²) < 4.78 is 0. The van der Waals surface area contributed by atoms with Gasteiger partial charge in [-0.3, -0.25) is 4.98 Å². The number of rotatable bonds is 2. The first-order valence-electron chi connectivity index (χ1n) is 4.22. The third kappa shape index (κ3) is 2.26. The second kappa shape index (κ2) is 4.77. The standard InChI is InChI=1S/C8H11ClN4.ClH/c9-7-2-11-3-8(12-7)13-4-6(1-10)5-13;/h2-3,6H,1,4-5,10H2;1H. The van der Waals surface area contributed by atoms with Crippen LogP contribution in [0.3, 0.4) is 0 Å². The lowest BCUT2D eigenvalue weighted by Gasteiger charge is -2.39. The molecule has 2 N–H and O–H groups in total. The van der Waals surface area contributed by atoms with E-state index in [1.807, 2.05) is 0 Å². The number of aromatic nitrogens is 2. The average molecular weight is 235 g/mol. The maximum atomic E-state index is 5.72. The van der Waals surface area contributed by atoms with Gasteiger partial charge in [-0.05, 0) is 6.54 Å². The molecule has 78 valence electrons. The second-order valence-electron chi connectivity index (χ2n) is 3.21. The van der Waals surface area contributed by atoms with Crippen molar-refractivity contribution in [2.45, 2.75) is 0 Å². The minimum absolute atomic E-state index is 0. The number of anilines is 1. The Kier molecular flexibility index (Phi) is 3.92. The molecule has 2 heterocycles. The summed E-state index contributed by atoms with van der Waals surface area (Å²) >= 11 is 5.72. The van der Waals surface area contributed by atoms with Crippen molar-refractivity contribution in [1.29, 1.82) is 0 Å². The summed E-state index contributed by atoms with van der Waals surface area (Å²) in [6, 6.07) is 0. The highest BCUT2D eigenvalue weighted by molar-refractivity contribution is 6.29. The van der Waals surface area contributed by atoms with Crippen LogP contribution in [-0.2, 0) is 0 Å². The van der Waals surface area contributed by atoms with E-state index in [9.17, 15) is 0 Å². The molecule has 0 spiro atoms. The Labute approximate surface area is 93.9 Å². The van der Waals surface area contributed by atoms with Crippen LogP contribution in [0.1, 0.15) is 0 Å². The van der Waals surface area contributed by atoms with Gasteiger partial charge < -0.3 is 10.6 Å². The molecule has 0 amide bonds. The van der Waals surface area contributed by atoms with Crippen LogP contribution in [0.5, 0.6) is 0 Å². The molecule has 1 saturated heterocycles. The average Bonchev–Trinajstić information content (AvgIpc) is 2.02. The molecule has 1 fully saturated rings. The van der Waals surface area contributed by atoms with Gasteiger partial charge in [0.2, 0.25) is 0 Å². The van der Waals surface area contributed by atoms with Crippen molar-refractivity contribution < 1.29 is 0 Å². The third-order valence-corrected chi connectivity index (χ3v) is 2.39. The van der Waals surface area contributed by atoms with Crippen molar-refractivity contribution in [2.24, 2.45) is 11.7 Å². The van der Waals surface area contributed by atoms with Crippen LogP contribution < -0.4 is 10.6 Å². The van der Waals surface area contributed by atoms with Crippen molar-refractivity contribution in [3.05, 3.63) is 17.5 Å². The van der Waals surface area contributed by atoms with E-state index in [1.165, 1.54) is 6.20 Å². The van der Waals surface area contributed by atoms with E-state index in [2.05, 4.69) is 14.9 Å². The van der Waals surface area contributed by atoms with Crippen LogP contribution >= 0.6 is 24.0 Å². The Bertz CT molecular complexity index is 301. The zero-order valence-electron chi connectivity index (χ0n) is 7.56. The van der Waals surface area contributed by atoms with Gasteiger partial charge in [-0.25, -0.2) is 4.98 Å². The predicted octanol–water partition coefficient (Wildman–Crippen LogP) is 0.947. The molecule has 0 aromatic carbocycles. The maximum Gasteiger partial charge on any atom is 0.149 e. The number of halogens is 2. The molecule has 0 atom stereocenters. The number of nitrogens with zero attached hydrogens (tertiary/aromatic N) is 3. The van der Waals surface area contributed by atoms with Crippen LogP contribution in [0.25, 0.3) is 0 Å². The molecule has 0 saturated carbocycles. The summed E-state index contributed by atoms with van der Waals surface area (Å²) in [7, 11) is 0. The molecule has 2 rings (SSSR count). The normalized spacial score (nSPS) is 16.0. The fraction of sp³-hybridized carbons (Fsp3) is 0.500. The summed E-state index contributed by atoms with van der Waals surface area (Å²) in [5.41, 5.74) is 5.52. The van der Waals surface area contributed by atoms with Gasteiger partial charge >= 0.3 is 0 Å². The van der Waals surface area contributed by atoms with Crippen LogP contribution in [0.2, 0.25) is 5.15 Å². The number of hydrogen-bond donors (Lipinski definition) is 1. The van der Waals surface area contributed by atoms with Gasteiger partial charge in [-0.15, -0.1) is 12.4 Å². The minimum Gasteiger partial charge on any atom is -0.355 e. The van der Waals surface area contributed by atoms with Crippen molar-refractivity contribution in [3.8, 4) is 0 Å². The lowest BCUT2D eigenvalue weighted by atomic mass is 10.0. The predicted molar refractivity (Wildman–Crippen MR) is 59.0 cm³/mol. The van der Waals surface area contributed by atoms with E-state index in [1.54, 1.807) is 6.20 Å². The third-order valence-electron chi connectivity index (χ3n) is 2.21. The van der Waals surface area contributed by atoms with Gasteiger partial charge in [0.25, 0.3) is 0 Å². The molecule has 0 aliphatic carbocycles. The molecule has 6 heteroatoms. The molecule has 0 bridgehead atoms. The van der Waals surface area contributed by atoms with E-state index in [-0.39, 0.29) is 12.4 Å². The van der Waals surface area contributed by atoms with E-state index < -0.39 is 0 Å². The molecule has 14 heavy (non-hydrogen) atoms. The van der Waals surface area contributed by atoms with E-state index in [0.717, 1.165) is 25.5 Å². The summed E-state index contributed by atoms with van der Waals surface area (Å²) in [6.45, 7) is 2.67. The first-order chi connectivity index (χ1) is 6.29. The summed E-state index contributed by atoms with van der Waals surface area (Å²) in [5.74, 6) is 1.44. The highest BCUT2D eigenvalue weighted by Crippen LogP contribution is 2.21. The van der Waals surface area contributed by atoms with Crippen LogP contribution in [-0.4, -0.2) is 29.6 Å². The lowest BCUT2D eigenvalue weighted by Crippen LogP contribution is -2.50. The first kappa shape index (κ1) is 11.5. The zero-order chi connectivity index (χ0) is 9.26. The summed E-state index contributed by atoms with van der Waals surface area (Å²) in [4.78, 5) is 10.2. The summed E-state index contributed by atoms with van der Waals surface area (Å²) in [5, 5.41) is 0.439. The fourth-order valence-corrected chi connectivity index (χ4v) is 1.53. The van der Waals surface area contributed by atoms with Gasteiger partial charge in [0.15, 0.2) is 0 Å². The van der Waals surface area contributed by atoms with Gasteiger partial charge in [-0.2, -0.15) is 0 Å². The van der Waals surface area contributed by atoms with E-state index in [0.29, 0.717) is 11.1 Å². The molecule has 1 aliphatic rings. The highest BCUT2D eigenvalue weighted by atomic mass is 35.5. The molecular formula is C8H12Cl2N4. The molecular weight excluding hydrogens is 223 g/mol. The zero-order valence-corrected chi connectivity index (χ0v) is 9.13. The van der Waals surface area contributed by atoms with Gasteiger partial charge in [0.1, 0.15) is 11.0 Å². The minimum atomic E-state index is 0. The molecule has 1 aromatic heterocycles. The second-order valence-corrected chi connectivity index (χ2v) is 3.59. The van der Waals surface area contributed by atoms with Crippen LogP contribution in [0, 0.1) is 5.92 Å². The van der Waals surface area contributed by atoms with E-state index in [4.69, 9.17) is 17.3 Å². The van der Waals surface area contributed by atoms with Crippen molar-refractivity contribution in [3.63, 3.8) is 0 Å². The molecule has 0 unspecified atom stereocenters. The maximum absolute atomic E-state index is 5.72. The van der Waals surface area contributed by atoms with Crippen molar-refractivity contribution in [1.82, 2.24) is 9.97 Å². The Morgan fingerprint density at radius 3 is 2.79 bits per heavy atom. The van der Waals surface area contributed by atoms with Crippen LogP contribution in [0.4, 0.5) is 5.82 Å². The van der Waals surface area contributed by atoms with Gasteiger partial charge in [0, 0.05) is 19.0 Å². The molecule has 4 nitrogen and oxygen atoms in total. The highest BCUT2D eigenvalue weighted by Gasteiger charge is 2.26. The van der Waals surface area contributed by atoms with Crippen LogP contribution in [0.15, 0.2) is 12.4 Å².